The highest BCUT2D eigenvalue weighted by Crippen LogP contribution is 2.30. The van der Waals surface area contributed by atoms with Gasteiger partial charge in [0.05, 0.1) is 4.88 Å². The Bertz CT molecular complexity index is 546. The van der Waals surface area contributed by atoms with Gasteiger partial charge in [-0.25, -0.2) is 0 Å². The second-order valence-corrected chi connectivity index (χ2v) is 6.31. The predicted molar refractivity (Wildman–Crippen MR) is 74.3 cm³/mol. The topological polar surface area (TPSA) is 17.1 Å². The first-order valence-corrected chi connectivity index (χ1v) is 7.05. The van der Waals surface area contributed by atoms with E-state index in [2.05, 4.69) is 31.9 Å². The maximum absolute atomic E-state index is 12.3. The van der Waals surface area contributed by atoms with Crippen molar-refractivity contribution < 1.29 is 4.79 Å². The van der Waals surface area contributed by atoms with Gasteiger partial charge >= 0.3 is 0 Å². The van der Waals surface area contributed by atoms with E-state index in [0.717, 1.165) is 18.7 Å². The summed E-state index contributed by atoms with van der Waals surface area (Å²) >= 11 is 8.32. The van der Waals surface area contributed by atoms with Crippen molar-refractivity contribution in [1.82, 2.24) is 0 Å². The molecule has 82 valence electrons. The lowest BCUT2D eigenvalue weighted by atomic mass is 10.1. The quantitative estimate of drug-likeness (QED) is 0.703. The van der Waals surface area contributed by atoms with Crippen LogP contribution in [0.5, 0.6) is 0 Å². The molecule has 0 saturated carbocycles. The fraction of sp³-hybridized carbons (Fsp3) is 0.0833. The molecule has 0 fully saturated rings. The number of halogens is 2. The van der Waals surface area contributed by atoms with Gasteiger partial charge in [0.15, 0.2) is 0 Å². The van der Waals surface area contributed by atoms with Crippen molar-refractivity contribution in [3.05, 3.63) is 54.6 Å². The van der Waals surface area contributed by atoms with E-state index in [4.69, 9.17) is 0 Å². The van der Waals surface area contributed by atoms with Gasteiger partial charge in [0.1, 0.15) is 0 Å². The van der Waals surface area contributed by atoms with Gasteiger partial charge < -0.3 is 0 Å². The van der Waals surface area contributed by atoms with Crippen molar-refractivity contribution >= 4 is 49.0 Å². The van der Waals surface area contributed by atoms with Crippen LogP contribution >= 0.6 is 43.2 Å². The minimum atomic E-state index is 0.0532. The van der Waals surface area contributed by atoms with Crippen molar-refractivity contribution in [3.8, 4) is 0 Å². The molecule has 1 heterocycles. The van der Waals surface area contributed by atoms with Gasteiger partial charge in [0.2, 0.25) is 5.78 Å². The molecule has 0 aliphatic heterocycles. The van der Waals surface area contributed by atoms with Crippen LogP contribution in [0.3, 0.4) is 0 Å². The summed E-state index contributed by atoms with van der Waals surface area (Å²) in [6, 6.07) is 9.44. The SMILES string of the molecule is Cc1cc(Br)c(C(=O)c2ccccc2Br)s1. The van der Waals surface area contributed by atoms with Gasteiger partial charge in [-0.3, -0.25) is 4.79 Å². The molecule has 0 saturated heterocycles. The Morgan fingerprint density at radius 2 is 1.88 bits per heavy atom. The Hall–Kier alpha value is -0.450. The molecule has 0 unspecified atom stereocenters. The van der Waals surface area contributed by atoms with Crippen LogP contribution < -0.4 is 0 Å². The van der Waals surface area contributed by atoms with Crippen molar-refractivity contribution in [2.75, 3.05) is 0 Å². The molecule has 0 radical (unpaired) electrons. The van der Waals surface area contributed by atoms with Gasteiger partial charge in [-0.05, 0) is 41.1 Å². The van der Waals surface area contributed by atoms with E-state index in [-0.39, 0.29) is 5.78 Å². The smallest absolute Gasteiger partial charge is 0.205 e. The first-order chi connectivity index (χ1) is 7.59. The lowest BCUT2D eigenvalue weighted by molar-refractivity contribution is 0.104. The third-order valence-electron chi connectivity index (χ3n) is 2.13. The minimum Gasteiger partial charge on any atom is -0.288 e. The van der Waals surface area contributed by atoms with Crippen LogP contribution in [0.15, 0.2) is 39.3 Å². The van der Waals surface area contributed by atoms with E-state index < -0.39 is 0 Å². The molecule has 2 aromatic rings. The van der Waals surface area contributed by atoms with E-state index in [9.17, 15) is 4.79 Å². The number of hydrogen-bond donors (Lipinski definition) is 0. The third kappa shape index (κ3) is 2.29. The summed E-state index contributed by atoms with van der Waals surface area (Å²) in [5, 5.41) is 0. The van der Waals surface area contributed by atoms with E-state index in [1.165, 1.54) is 11.3 Å². The minimum absolute atomic E-state index is 0.0532. The predicted octanol–water partition coefficient (Wildman–Crippen LogP) is 4.81. The first-order valence-electron chi connectivity index (χ1n) is 4.65. The number of carbonyl (C=O) groups is 1. The molecule has 0 amide bonds. The third-order valence-corrected chi connectivity index (χ3v) is 4.76. The number of benzene rings is 1. The van der Waals surface area contributed by atoms with E-state index >= 15 is 0 Å². The molecule has 1 aromatic heterocycles. The highest BCUT2D eigenvalue weighted by molar-refractivity contribution is 9.11. The molecular formula is C12H8Br2OS. The average molecular weight is 360 g/mol. The van der Waals surface area contributed by atoms with Crippen LogP contribution in [0, 0.1) is 6.92 Å². The molecule has 0 N–H and O–H groups in total. The Morgan fingerprint density at radius 1 is 1.19 bits per heavy atom. The number of hydrogen-bond acceptors (Lipinski definition) is 2. The zero-order chi connectivity index (χ0) is 11.7. The Labute approximate surface area is 115 Å². The second kappa shape index (κ2) is 4.82. The Balaban J connectivity index is 2.47. The molecule has 0 spiro atoms. The molecule has 0 atom stereocenters. The van der Waals surface area contributed by atoms with Gasteiger partial charge in [-0.15, -0.1) is 11.3 Å². The number of ketones is 1. The molecule has 4 heteroatoms. The van der Waals surface area contributed by atoms with Crippen molar-refractivity contribution in [3.63, 3.8) is 0 Å². The second-order valence-electron chi connectivity index (χ2n) is 3.34. The summed E-state index contributed by atoms with van der Waals surface area (Å²) < 4.78 is 1.70. The number of rotatable bonds is 2. The summed E-state index contributed by atoms with van der Waals surface area (Å²) in [7, 11) is 0. The lowest BCUT2D eigenvalue weighted by Crippen LogP contribution is -2.00. The first kappa shape index (κ1) is 12.0. The highest BCUT2D eigenvalue weighted by atomic mass is 79.9. The van der Waals surface area contributed by atoms with Crippen molar-refractivity contribution in [1.29, 1.82) is 0 Å². The zero-order valence-electron chi connectivity index (χ0n) is 8.46. The Kier molecular flexibility index (Phi) is 3.62. The largest absolute Gasteiger partial charge is 0.288 e. The van der Waals surface area contributed by atoms with Crippen LogP contribution in [0.1, 0.15) is 20.1 Å². The van der Waals surface area contributed by atoms with E-state index in [0.29, 0.717) is 5.56 Å². The molecule has 0 bridgehead atoms. The van der Waals surface area contributed by atoms with E-state index in [1.54, 1.807) is 0 Å². The van der Waals surface area contributed by atoms with E-state index in [1.807, 2.05) is 37.3 Å². The molecule has 1 aromatic carbocycles. The number of carbonyl (C=O) groups excluding carboxylic acids is 1. The summed E-state index contributed by atoms with van der Waals surface area (Å²) in [5.41, 5.74) is 0.699. The van der Waals surface area contributed by atoms with Crippen LogP contribution in [-0.4, -0.2) is 5.78 Å². The van der Waals surface area contributed by atoms with Crippen molar-refractivity contribution in [2.45, 2.75) is 6.92 Å². The fourth-order valence-corrected chi connectivity index (χ4v) is 3.65. The molecule has 0 aliphatic rings. The van der Waals surface area contributed by atoms with Crippen molar-refractivity contribution in [2.24, 2.45) is 0 Å². The average Bonchev–Trinajstić information content (AvgIpc) is 2.58. The normalized spacial score (nSPS) is 10.4. The monoisotopic (exact) mass is 358 g/mol. The number of aryl methyl sites for hydroxylation is 1. The Morgan fingerprint density at radius 3 is 2.44 bits per heavy atom. The molecule has 0 aliphatic carbocycles. The van der Waals surface area contributed by atoms with Gasteiger partial charge in [0.25, 0.3) is 0 Å². The summed E-state index contributed by atoms with van der Waals surface area (Å²) in [5.74, 6) is 0.0532. The lowest BCUT2D eigenvalue weighted by Gasteiger charge is -2.01. The maximum atomic E-state index is 12.3. The van der Waals surface area contributed by atoms with Crippen LogP contribution in [-0.2, 0) is 0 Å². The summed E-state index contributed by atoms with van der Waals surface area (Å²) in [6.45, 7) is 1.99. The van der Waals surface area contributed by atoms with Gasteiger partial charge in [0, 0.05) is 19.4 Å². The molecule has 1 nitrogen and oxygen atoms in total. The number of thiophene rings is 1. The highest BCUT2D eigenvalue weighted by Gasteiger charge is 2.17. The zero-order valence-corrected chi connectivity index (χ0v) is 12.4. The van der Waals surface area contributed by atoms with Crippen LogP contribution in [0.4, 0.5) is 0 Å². The summed E-state index contributed by atoms with van der Waals surface area (Å²) in [4.78, 5) is 14.1. The van der Waals surface area contributed by atoms with Crippen LogP contribution in [0.2, 0.25) is 0 Å². The molecule has 16 heavy (non-hydrogen) atoms. The fourth-order valence-electron chi connectivity index (χ4n) is 1.41. The van der Waals surface area contributed by atoms with Crippen LogP contribution in [0.25, 0.3) is 0 Å². The molecular weight excluding hydrogens is 352 g/mol. The van der Waals surface area contributed by atoms with Gasteiger partial charge in [-0.1, -0.05) is 28.1 Å². The summed E-state index contributed by atoms with van der Waals surface area (Å²) in [6.07, 6.45) is 0. The van der Waals surface area contributed by atoms with Gasteiger partial charge in [-0.2, -0.15) is 0 Å². The molecule has 2 rings (SSSR count). The maximum Gasteiger partial charge on any atom is 0.205 e. The standard InChI is InChI=1S/C12H8Br2OS/c1-7-6-10(14)12(16-7)11(15)8-4-2-3-5-9(8)13/h2-6H,1H3.